The second kappa shape index (κ2) is 7.76. The number of phenolic OH excluding ortho intramolecular Hbond substituents is 1. The zero-order valence-electron chi connectivity index (χ0n) is 15.1. The molecule has 1 aliphatic rings. The van der Waals surface area contributed by atoms with E-state index >= 15 is 0 Å². The van der Waals surface area contributed by atoms with Crippen LogP contribution < -0.4 is 16.8 Å². The first-order valence-electron chi connectivity index (χ1n) is 8.86. The lowest BCUT2D eigenvalue weighted by atomic mass is 9.75. The number of aromatic hydroxyl groups is 1. The zero-order valence-corrected chi connectivity index (χ0v) is 15.1. The average Bonchev–Trinajstić information content (AvgIpc) is 2.55. The topological polar surface area (TPSA) is 136 Å². The molecule has 1 aliphatic carbocycles. The monoisotopic (exact) mass is 361 g/mol. The van der Waals surface area contributed by atoms with Gasteiger partial charge in [0, 0.05) is 5.54 Å². The number of hydrogen-bond acceptors (Lipinski definition) is 4. The van der Waals surface area contributed by atoms with Crippen LogP contribution in [0.2, 0.25) is 0 Å². The summed E-state index contributed by atoms with van der Waals surface area (Å²) in [5, 5.41) is 12.4. The molecule has 2 rings (SSSR count). The molecule has 3 amide bonds. The van der Waals surface area contributed by atoms with Crippen molar-refractivity contribution in [2.75, 3.05) is 0 Å². The van der Waals surface area contributed by atoms with E-state index in [0.29, 0.717) is 5.56 Å². The lowest BCUT2D eigenvalue weighted by Crippen LogP contribution is -2.58. The van der Waals surface area contributed by atoms with Crippen LogP contribution in [0.25, 0.3) is 0 Å². The summed E-state index contributed by atoms with van der Waals surface area (Å²) in [4.78, 5) is 37.1. The second-order valence-corrected chi connectivity index (χ2v) is 7.51. The summed E-state index contributed by atoms with van der Waals surface area (Å²) in [6, 6.07) is 6.07. The number of primary amides is 2. The Labute approximate surface area is 153 Å². The average molecular weight is 361 g/mol. The maximum atomic E-state index is 13.1. The Morgan fingerprint density at radius 2 is 1.69 bits per heavy atom. The molecule has 0 saturated heterocycles. The molecule has 7 heteroatoms. The van der Waals surface area contributed by atoms with Gasteiger partial charge in [-0.2, -0.15) is 0 Å². The summed E-state index contributed by atoms with van der Waals surface area (Å²) < 4.78 is 0. The Kier molecular flexibility index (Phi) is 5.90. The van der Waals surface area contributed by atoms with Gasteiger partial charge in [-0.15, -0.1) is 0 Å². The maximum Gasteiger partial charge on any atom is 0.236 e. The predicted octanol–water partition coefficient (Wildman–Crippen LogP) is 1.12. The molecule has 0 bridgehead atoms. The minimum atomic E-state index is -1.76. The van der Waals surface area contributed by atoms with Crippen molar-refractivity contribution in [2.24, 2.45) is 16.9 Å². The van der Waals surface area contributed by atoms with Crippen LogP contribution >= 0.6 is 0 Å². The summed E-state index contributed by atoms with van der Waals surface area (Å²) in [5.41, 5.74) is 9.34. The molecule has 7 nitrogen and oxygen atoms in total. The van der Waals surface area contributed by atoms with E-state index in [1.54, 1.807) is 12.1 Å². The predicted molar refractivity (Wildman–Crippen MR) is 96.9 cm³/mol. The summed E-state index contributed by atoms with van der Waals surface area (Å²) in [5.74, 6) is -2.17. The Balaban J connectivity index is 2.34. The molecule has 0 spiro atoms. The first kappa shape index (κ1) is 19.8. The number of nitrogens with one attached hydrogen (secondary N) is 1. The maximum absolute atomic E-state index is 13.1. The van der Waals surface area contributed by atoms with Gasteiger partial charge in [0.25, 0.3) is 0 Å². The van der Waals surface area contributed by atoms with Crippen molar-refractivity contribution in [3.05, 3.63) is 29.8 Å². The van der Waals surface area contributed by atoms with Crippen LogP contribution in [-0.2, 0) is 20.8 Å². The lowest BCUT2D eigenvalue weighted by molar-refractivity contribution is -0.146. The van der Waals surface area contributed by atoms with Crippen molar-refractivity contribution in [3.8, 4) is 5.75 Å². The molecular weight excluding hydrogens is 334 g/mol. The Morgan fingerprint density at radius 3 is 2.19 bits per heavy atom. The van der Waals surface area contributed by atoms with Gasteiger partial charge in [0.2, 0.25) is 17.7 Å². The normalized spacial score (nSPS) is 18.5. The Hall–Kier alpha value is -2.57. The van der Waals surface area contributed by atoms with Crippen LogP contribution in [-0.4, -0.2) is 28.4 Å². The molecule has 0 unspecified atom stereocenters. The number of nitrogens with two attached hydrogens (primary N) is 2. The summed E-state index contributed by atoms with van der Waals surface area (Å²) in [6.45, 7) is 1.95. The van der Waals surface area contributed by atoms with Crippen LogP contribution in [0.1, 0.15) is 51.0 Å². The Morgan fingerprint density at radius 1 is 1.12 bits per heavy atom. The molecule has 0 aromatic heterocycles. The molecule has 1 atom stereocenters. The smallest absolute Gasteiger partial charge is 0.236 e. The molecule has 0 aliphatic heterocycles. The number of carbonyl (C=O) groups is 3. The fourth-order valence-electron chi connectivity index (χ4n) is 3.62. The highest BCUT2D eigenvalue weighted by Crippen LogP contribution is 2.33. The van der Waals surface area contributed by atoms with Gasteiger partial charge in [-0.3, -0.25) is 14.4 Å². The van der Waals surface area contributed by atoms with Crippen molar-refractivity contribution in [2.45, 2.75) is 57.4 Å². The van der Waals surface area contributed by atoms with E-state index in [9.17, 15) is 19.5 Å². The van der Waals surface area contributed by atoms with E-state index in [1.165, 1.54) is 12.1 Å². The Bertz CT molecular complexity index is 681. The molecule has 0 heterocycles. The third-order valence-electron chi connectivity index (χ3n) is 5.20. The largest absolute Gasteiger partial charge is 0.508 e. The highest BCUT2D eigenvalue weighted by Gasteiger charge is 2.48. The van der Waals surface area contributed by atoms with Gasteiger partial charge >= 0.3 is 0 Å². The van der Waals surface area contributed by atoms with Crippen LogP contribution in [0.3, 0.4) is 0 Å². The molecule has 1 fully saturated rings. The quantitative estimate of drug-likeness (QED) is 0.541. The molecule has 1 saturated carbocycles. The van der Waals surface area contributed by atoms with Gasteiger partial charge in [-0.05, 0) is 43.9 Å². The highest BCUT2D eigenvalue weighted by atomic mass is 16.3. The number of carbonyl (C=O) groups excluding carboxylic acids is 3. The SMILES string of the molecule is CC1(NC(=O)[C@@](CC(N)=O)(Cc2ccc(O)cc2)C(N)=O)CCCCC1. The van der Waals surface area contributed by atoms with Crippen molar-refractivity contribution >= 4 is 17.7 Å². The standard InChI is InChI=1S/C19H27N3O4/c1-18(9-3-2-4-10-18)22-17(26)19(16(21)25,12-15(20)24)11-13-5-7-14(23)8-6-13/h5-8,23H,2-4,9-12H2,1H3,(H2,20,24)(H2,21,25)(H,22,26)/t19-/m1/s1. The van der Waals surface area contributed by atoms with Gasteiger partial charge in [0.15, 0.2) is 0 Å². The van der Waals surface area contributed by atoms with E-state index in [-0.39, 0.29) is 12.2 Å². The number of phenols is 1. The molecule has 0 radical (unpaired) electrons. The summed E-state index contributed by atoms with van der Waals surface area (Å²) in [7, 11) is 0. The van der Waals surface area contributed by atoms with Crippen LogP contribution in [0.4, 0.5) is 0 Å². The van der Waals surface area contributed by atoms with Gasteiger partial charge < -0.3 is 21.9 Å². The number of benzene rings is 1. The van der Waals surface area contributed by atoms with Crippen molar-refractivity contribution in [1.82, 2.24) is 5.32 Å². The van der Waals surface area contributed by atoms with Gasteiger partial charge in [0.05, 0.1) is 6.42 Å². The lowest BCUT2D eigenvalue weighted by Gasteiger charge is -2.38. The van der Waals surface area contributed by atoms with E-state index in [1.807, 2.05) is 6.92 Å². The third kappa shape index (κ3) is 4.53. The minimum Gasteiger partial charge on any atom is -0.508 e. The molecule has 142 valence electrons. The van der Waals surface area contributed by atoms with Gasteiger partial charge in [0.1, 0.15) is 11.2 Å². The van der Waals surface area contributed by atoms with E-state index in [2.05, 4.69) is 5.32 Å². The van der Waals surface area contributed by atoms with Crippen molar-refractivity contribution in [3.63, 3.8) is 0 Å². The van der Waals surface area contributed by atoms with Crippen LogP contribution in [0.15, 0.2) is 24.3 Å². The van der Waals surface area contributed by atoms with E-state index < -0.39 is 35.1 Å². The van der Waals surface area contributed by atoms with Crippen molar-refractivity contribution in [1.29, 1.82) is 0 Å². The third-order valence-corrected chi connectivity index (χ3v) is 5.20. The highest BCUT2D eigenvalue weighted by molar-refractivity contribution is 6.07. The van der Waals surface area contributed by atoms with Gasteiger partial charge in [-0.1, -0.05) is 31.4 Å². The fourth-order valence-corrected chi connectivity index (χ4v) is 3.62. The molecule has 6 N–H and O–H groups in total. The van der Waals surface area contributed by atoms with Crippen LogP contribution in [0.5, 0.6) is 5.75 Å². The molecule has 1 aromatic rings. The molecule has 26 heavy (non-hydrogen) atoms. The minimum absolute atomic E-state index is 0.0620. The molecular formula is C19H27N3O4. The number of hydrogen-bond donors (Lipinski definition) is 4. The second-order valence-electron chi connectivity index (χ2n) is 7.51. The molecule has 1 aromatic carbocycles. The fraction of sp³-hybridized carbons (Fsp3) is 0.526. The summed E-state index contributed by atoms with van der Waals surface area (Å²) >= 11 is 0. The van der Waals surface area contributed by atoms with Gasteiger partial charge in [-0.25, -0.2) is 0 Å². The van der Waals surface area contributed by atoms with E-state index in [0.717, 1.165) is 32.1 Å². The number of amides is 3. The summed E-state index contributed by atoms with van der Waals surface area (Å²) in [6.07, 6.45) is 4.19. The van der Waals surface area contributed by atoms with Crippen molar-refractivity contribution < 1.29 is 19.5 Å². The first-order chi connectivity index (χ1) is 12.2. The van der Waals surface area contributed by atoms with E-state index in [4.69, 9.17) is 11.5 Å². The number of rotatable bonds is 7. The zero-order chi connectivity index (χ0) is 19.4. The first-order valence-corrected chi connectivity index (χ1v) is 8.86. The van der Waals surface area contributed by atoms with Crippen LogP contribution in [0, 0.1) is 5.41 Å².